The molecular formula is C12H11BrN2O. The smallest absolute Gasteiger partial charge is 0.267 e. The van der Waals surface area contributed by atoms with E-state index in [4.69, 9.17) is 0 Å². The van der Waals surface area contributed by atoms with Crippen LogP contribution in [0.5, 0.6) is 0 Å². The highest BCUT2D eigenvalue weighted by molar-refractivity contribution is 9.10. The quantitative estimate of drug-likeness (QED) is 0.918. The lowest BCUT2D eigenvalue weighted by Gasteiger charge is -2.04. The third-order valence-corrected chi connectivity index (χ3v) is 3.50. The van der Waals surface area contributed by atoms with E-state index >= 15 is 0 Å². The van der Waals surface area contributed by atoms with E-state index in [2.05, 4.69) is 26.1 Å². The van der Waals surface area contributed by atoms with E-state index in [1.807, 2.05) is 18.2 Å². The third kappa shape index (κ3) is 1.78. The lowest BCUT2D eigenvalue weighted by molar-refractivity contribution is 0.784. The number of hydrogen-bond donors (Lipinski definition) is 1. The molecule has 0 spiro atoms. The molecule has 1 aromatic carbocycles. The number of nitrogens with one attached hydrogen (secondary N) is 1. The second-order valence-corrected chi connectivity index (χ2v) is 5.25. The number of hydrogen-bond acceptors (Lipinski definition) is 2. The van der Waals surface area contributed by atoms with Crippen LogP contribution in [0.3, 0.4) is 0 Å². The van der Waals surface area contributed by atoms with Crippen molar-refractivity contribution in [2.24, 2.45) is 5.92 Å². The standard InChI is InChI=1S/C12H11BrN2O/c13-8-3-4-9-10(6-8)12(16)15-14-11(9)5-7-1-2-7/h3-4,6-7H,1-2,5H2,(H,15,16). The fourth-order valence-corrected chi connectivity index (χ4v) is 2.31. The molecule has 1 aliphatic rings. The van der Waals surface area contributed by atoms with E-state index in [0.717, 1.165) is 33.3 Å². The molecule has 1 aliphatic carbocycles. The van der Waals surface area contributed by atoms with E-state index in [-0.39, 0.29) is 5.56 Å². The summed E-state index contributed by atoms with van der Waals surface area (Å²) >= 11 is 3.38. The predicted octanol–water partition coefficient (Wildman–Crippen LogP) is 2.64. The maximum Gasteiger partial charge on any atom is 0.272 e. The van der Waals surface area contributed by atoms with Crippen molar-refractivity contribution in [3.63, 3.8) is 0 Å². The number of aromatic nitrogens is 2. The van der Waals surface area contributed by atoms with Gasteiger partial charge in [0.2, 0.25) is 0 Å². The third-order valence-electron chi connectivity index (χ3n) is 3.01. The van der Waals surface area contributed by atoms with E-state index in [0.29, 0.717) is 0 Å². The number of aromatic amines is 1. The largest absolute Gasteiger partial charge is 0.272 e. The number of benzene rings is 1. The Kier molecular flexibility index (Phi) is 2.32. The highest BCUT2D eigenvalue weighted by atomic mass is 79.9. The van der Waals surface area contributed by atoms with Gasteiger partial charge in [-0.25, -0.2) is 5.10 Å². The molecule has 1 fully saturated rings. The van der Waals surface area contributed by atoms with Crippen molar-refractivity contribution >= 4 is 26.7 Å². The van der Waals surface area contributed by atoms with Crippen LogP contribution in [0.1, 0.15) is 18.5 Å². The zero-order valence-corrected chi connectivity index (χ0v) is 10.3. The summed E-state index contributed by atoms with van der Waals surface area (Å²) in [5.74, 6) is 0.769. The highest BCUT2D eigenvalue weighted by Crippen LogP contribution is 2.33. The van der Waals surface area contributed by atoms with Crippen molar-refractivity contribution in [1.82, 2.24) is 10.2 Å². The second kappa shape index (κ2) is 3.70. The molecule has 1 N–H and O–H groups in total. The van der Waals surface area contributed by atoms with Gasteiger partial charge in [0.05, 0.1) is 11.1 Å². The van der Waals surface area contributed by atoms with Crippen LogP contribution >= 0.6 is 15.9 Å². The number of nitrogens with zero attached hydrogens (tertiary/aromatic N) is 1. The molecule has 3 nitrogen and oxygen atoms in total. The molecule has 0 saturated heterocycles. The first-order valence-corrected chi connectivity index (χ1v) is 6.20. The minimum absolute atomic E-state index is 0.115. The van der Waals surface area contributed by atoms with Crippen LogP contribution in [0.25, 0.3) is 10.8 Å². The molecule has 3 rings (SSSR count). The maximum absolute atomic E-state index is 11.6. The van der Waals surface area contributed by atoms with Crippen molar-refractivity contribution in [2.75, 3.05) is 0 Å². The van der Waals surface area contributed by atoms with E-state index < -0.39 is 0 Å². The SMILES string of the molecule is O=c1[nH]nc(CC2CC2)c2ccc(Br)cc12. The van der Waals surface area contributed by atoms with Gasteiger partial charge in [-0.2, -0.15) is 5.10 Å². The van der Waals surface area contributed by atoms with Crippen molar-refractivity contribution in [2.45, 2.75) is 19.3 Å². The molecule has 82 valence electrons. The highest BCUT2D eigenvalue weighted by Gasteiger charge is 2.23. The minimum atomic E-state index is -0.115. The Bertz CT molecular complexity index is 601. The molecule has 16 heavy (non-hydrogen) atoms. The Morgan fingerprint density at radius 2 is 2.19 bits per heavy atom. The molecule has 4 heteroatoms. The molecule has 0 unspecified atom stereocenters. The number of rotatable bonds is 2. The molecule has 2 aromatic rings. The van der Waals surface area contributed by atoms with E-state index in [1.54, 1.807) is 0 Å². The number of H-pyrrole nitrogens is 1. The summed E-state index contributed by atoms with van der Waals surface area (Å²) in [5.41, 5.74) is 0.903. The first-order valence-electron chi connectivity index (χ1n) is 5.41. The summed E-state index contributed by atoms with van der Waals surface area (Å²) in [5, 5.41) is 8.45. The first-order chi connectivity index (χ1) is 7.74. The lowest BCUT2D eigenvalue weighted by atomic mass is 10.1. The molecule has 1 saturated carbocycles. The van der Waals surface area contributed by atoms with Crippen LogP contribution in [-0.4, -0.2) is 10.2 Å². The van der Waals surface area contributed by atoms with E-state index in [9.17, 15) is 4.79 Å². The van der Waals surface area contributed by atoms with Crippen LogP contribution < -0.4 is 5.56 Å². The zero-order valence-electron chi connectivity index (χ0n) is 8.66. The second-order valence-electron chi connectivity index (χ2n) is 4.34. The van der Waals surface area contributed by atoms with Gasteiger partial charge in [0.1, 0.15) is 0 Å². The van der Waals surface area contributed by atoms with Gasteiger partial charge in [0, 0.05) is 9.86 Å². The summed E-state index contributed by atoms with van der Waals surface area (Å²) in [4.78, 5) is 11.6. The van der Waals surface area contributed by atoms with Crippen molar-refractivity contribution in [3.8, 4) is 0 Å². The van der Waals surface area contributed by atoms with Crippen LogP contribution in [-0.2, 0) is 6.42 Å². The summed E-state index contributed by atoms with van der Waals surface area (Å²) in [6.07, 6.45) is 3.56. The van der Waals surface area contributed by atoms with Crippen LogP contribution in [0.2, 0.25) is 0 Å². The van der Waals surface area contributed by atoms with Crippen molar-refractivity contribution < 1.29 is 0 Å². The maximum atomic E-state index is 11.6. The molecule has 1 aromatic heterocycles. The molecule has 0 atom stereocenters. The summed E-state index contributed by atoms with van der Waals surface area (Å²) in [6.45, 7) is 0. The monoisotopic (exact) mass is 278 g/mol. The average Bonchev–Trinajstić information content (AvgIpc) is 3.06. The number of halogens is 1. The molecule has 0 radical (unpaired) electrons. The van der Waals surface area contributed by atoms with Gasteiger partial charge in [0.15, 0.2) is 0 Å². The fourth-order valence-electron chi connectivity index (χ4n) is 1.95. The first kappa shape index (κ1) is 10.0. The average molecular weight is 279 g/mol. The van der Waals surface area contributed by atoms with Crippen molar-refractivity contribution in [1.29, 1.82) is 0 Å². The van der Waals surface area contributed by atoms with Crippen LogP contribution in [0.15, 0.2) is 27.5 Å². The Morgan fingerprint density at radius 3 is 2.94 bits per heavy atom. The Morgan fingerprint density at radius 1 is 1.38 bits per heavy atom. The number of fused-ring (bicyclic) bond motifs is 1. The Labute approximate surface area is 101 Å². The zero-order chi connectivity index (χ0) is 11.1. The molecule has 1 heterocycles. The summed E-state index contributed by atoms with van der Waals surface area (Å²) in [7, 11) is 0. The summed E-state index contributed by atoms with van der Waals surface area (Å²) < 4.78 is 0.925. The van der Waals surface area contributed by atoms with Gasteiger partial charge in [-0.3, -0.25) is 4.79 Å². The van der Waals surface area contributed by atoms with Crippen molar-refractivity contribution in [3.05, 3.63) is 38.7 Å². The minimum Gasteiger partial charge on any atom is -0.267 e. The lowest BCUT2D eigenvalue weighted by Crippen LogP contribution is -2.11. The fraction of sp³-hybridized carbons (Fsp3) is 0.333. The van der Waals surface area contributed by atoms with Crippen LogP contribution in [0, 0.1) is 5.92 Å². The topological polar surface area (TPSA) is 45.8 Å². The van der Waals surface area contributed by atoms with E-state index in [1.165, 1.54) is 12.8 Å². The summed E-state index contributed by atoms with van der Waals surface area (Å²) in [6, 6.07) is 5.78. The van der Waals surface area contributed by atoms with Gasteiger partial charge >= 0.3 is 0 Å². The normalized spacial score (nSPS) is 15.6. The predicted molar refractivity (Wildman–Crippen MR) is 66.5 cm³/mol. The molecule has 0 aliphatic heterocycles. The van der Waals surface area contributed by atoms with Gasteiger partial charge in [-0.05, 0) is 37.3 Å². The molecule has 0 amide bonds. The Hall–Kier alpha value is -1.16. The van der Waals surface area contributed by atoms with Gasteiger partial charge in [-0.1, -0.05) is 22.0 Å². The Balaban J connectivity index is 2.21. The molecular weight excluding hydrogens is 268 g/mol. The molecule has 0 bridgehead atoms. The van der Waals surface area contributed by atoms with Gasteiger partial charge in [0.25, 0.3) is 5.56 Å². The van der Waals surface area contributed by atoms with Crippen LogP contribution in [0.4, 0.5) is 0 Å². The van der Waals surface area contributed by atoms with Gasteiger partial charge in [-0.15, -0.1) is 0 Å². The van der Waals surface area contributed by atoms with Gasteiger partial charge < -0.3 is 0 Å².